The minimum atomic E-state index is -0.436. The Bertz CT molecular complexity index is 782. The Labute approximate surface area is 146 Å². The van der Waals surface area contributed by atoms with Crippen LogP contribution < -0.4 is 5.56 Å². The van der Waals surface area contributed by atoms with Crippen LogP contribution >= 0.6 is 0 Å². The van der Waals surface area contributed by atoms with Crippen LogP contribution in [0.5, 0.6) is 5.75 Å². The van der Waals surface area contributed by atoms with E-state index in [0.29, 0.717) is 17.7 Å². The van der Waals surface area contributed by atoms with E-state index in [1.165, 1.54) is 16.7 Å². The van der Waals surface area contributed by atoms with Crippen LogP contribution in [0, 0.1) is 5.82 Å². The molecule has 1 saturated heterocycles. The highest BCUT2D eigenvalue weighted by atomic mass is 19.1. The van der Waals surface area contributed by atoms with Crippen LogP contribution in [0.25, 0.3) is 0 Å². The largest absolute Gasteiger partial charge is 0.503 e. The van der Waals surface area contributed by atoms with Gasteiger partial charge in [0.2, 0.25) is 0 Å². The first-order valence-corrected chi connectivity index (χ1v) is 8.67. The van der Waals surface area contributed by atoms with E-state index in [1.807, 2.05) is 0 Å². The SMILES string of the molecule is CCN1CCN(Cc2ccn(Cc3cccc(F)c3)c(=O)c2O)CC1. The summed E-state index contributed by atoms with van der Waals surface area (Å²) in [6.45, 7) is 7.88. The number of hydrogen-bond donors (Lipinski definition) is 1. The van der Waals surface area contributed by atoms with E-state index in [9.17, 15) is 14.3 Å². The smallest absolute Gasteiger partial charge is 0.293 e. The maximum absolute atomic E-state index is 13.3. The van der Waals surface area contributed by atoms with Crippen molar-refractivity contribution in [2.24, 2.45) is 0 Å². The summed E-state index contributed by atoms with van der Waals surface area (Å²) in [6.07, 6.45) is 1.67. The van der Waals surface area contributed by atoms with E-state index in [2.05, 4.69) is 16.7 Å². The van der Waals surface area contributed by atoms with Crippen molar-refractivity contribution in [3.63, 3.8) is 0 Å². The molecule has 6 heteroatoms. The highest BCUT2D eigenvalue weighted by Crippen LogP contribution is 2.16. The molecule has 0 aliphatic carbocycles. The minimum absolute atomic E-state index is 0.211. The summed E-state index contributed by atoms with van der Waals surface area (Å²) in [6, 6.07) is 7.91. The van der Waals surface area contributed by atoms with E-state index >= 15 is 0 Å². The van der Waals surface area contributed by atoms with E-state index in [-0.39, 0.29) is 18.1 Å². The van der Waals surface area contributed by atoms with Crippen molar-refractivity contribution in [1.82, 2.24) is 14.4 Å². The zero-order valence-corrected chi connectivity index (χ0v) is 14.5. The van der Waals surface area contributed by atoms with Gasteiger partial charge in [0.1, 0.15) is 5.82 Å². The predicted octanol–water partition coefficient (Wildman–Crippen LogP) is 1.88. The van der Waals surface area contributed by atoms with Gasteiger partial charge in [-0.25, -0.2) is 4.39 Å². The first-order chi connectivity index (χ1) is 12.1. The fourth-order valence-corrected chi connectivity index (χ4v) is 3.19. The van der Waals surface area contributed by atoms with Crippen LogP contribution in [0.3, 0.4) is 0 Å². The molecule has 2 heterocycles. The third-order valence-corrected chi connectivity index (χ3v) is 4.77. The highest BCUT2D eigenvalue weighted by Gasteiger charge is 2.18. The molecule has 1 aromatic heterocycles. The molecule has 0 amide bonds. The molecular weight excluding hydrogens is 321 g/mol. The van der Waals surface area contributed by atoms with Gasteiger partial charge in [-0.3, -0.25) is 9.69 Å². The van der Waals surface area contributed by atoms with Gasteiger partial charge in [0.15, 0.2) is 5.75 Å². The minimum Gasteiger partial charge on any atom is -0.503 e. The number of aromatic hydroxyl groups is 1. The Morgan fingerprint density at radius 2 is 1.80 bits per heavy atom. The molecule has 0 saturated carbocycles. The summed E-state index contributed by atoms with van der Waals surface area (Å²) in [4.78, 5) is 17.0. The zero-order chi connectivity index (χ0) is 17.8. The molecule has 0 bridgehead atoms. The van der Waals surface area contributed by atoms with Crippen LogP contribution in [-0.2, 0) is 13.1 Å². The molecule has 1 aliphatic heterocycles. The standard InChI is InChI=1S/C19H24FN3O2/c1-2-21-8-10-22(11-9-21)14-16-6-7-23(19(25)18(16)24)13-15-4-3-5-17(20)12-15/h3-7,12,24H,2,8-11,13-14H2,1H3. The average molecular weight is 345 g/mol. The van der Waals surface area contributed by atoms with E-state index in [1.54, 1.807) is 24.4 Å². The zero-order valence-electron chi connectivity index (χ0n) is 14.5. The number of pyridine rings is 1. The van der Waals surface area contributed by atoms with Gasteiger partial charge in [-0.1, -0.05) is 19.1 Å². The van der Waals surface area contributed by atoms with Gasteiger partial charge >= 0.3 is 0 Å². The third kappa shape index (κ3) is 4.27. The summed E-state index contributed by atoms with van der Waals surface area (Å²) in [7, 11) is 0. The molecule has 2 aromatic rings. The van der Waals surface area contributed by atoms with Gasteiger partial charge in [-0.05, 0) is 30.3 Å². The number of likely N-dealkylation sites (N-methyl/N-ethyl adjacent to an activating group) is 1. The second-order valence-corrected chi connectivity index (χ2v) is 6.46. The number of rotatable bonds is 5. The topological polar surface area (TPSA) is 48.7 Å². The van der Waals surface area contributed by atoms with Crippen LogP contribution in [-0.4, -0.2) is 52.2 Å². The lowest BCUT2D eigenvalue weighted by molar-refractivity contribution is 0.131. The van der Waals surface area contributed by atoms with Crippen molar-refractivity contribution < 1.29 is 9.50 Å². The summed E-state index contributed by atoms with van der Waals surface area (Å²) in [5.41, 5.74) is 0.893. The van der Waals surface area contributed by atoms with Crippen LogP contribution in [0.15, 0.2) is 41.3 Å². The van der Waals surface area contributed by atoms with Gasteiger partial charge in [-0.15, -0.1) is 0 Å². The molecule has 0 radical (unpaired) electrons. The molecule has 1 fully saturated rings. The monoisotopic (exact) mass is 345 g/mol. The van der Waals surface area contributed by atoms with Gasteiger partial charge < -0.3 is 14.6 Å². The molecular formula is C19H24FN3O2. The van der Waals surface area contributed by atoms with Crippen molar-refractivity contribution in [1.29, 1.82) is 0 Å². The number of aromatic nitrogens is 1. The van der Waals surface area contributed by atoms with Crippen molar-refractivity contribution in [3.05, 3.63) is 63.8 Å². The van der Waals surface area contributed by atoms with Crippen LogP contribution in [0.2, 0.25) is 0 Å². The number of hydrogen-bond acceptors (Lipinski definition) is 4. The van der Waals surface area contributed by atoms with E-state index < -0.39 is 5.56 Å². The second kappa shape index (κ2) is 7.80. The second-order valence-electron chi connectivity index (χ2n) is 6.46. The Morgan fingerprint density at radius 1 is 1.08 bits per heavy atom. The molecule has 3 rings (SSSR count). The van der Waals surface area contributed by atoms with Crippen molar-refractivity contribution >= 4 is 0 Å². The summed E-state index contributed by atoms with van der Waals surface area (Å²) >= 11 is 0. The Kier molecular flexibility index (Phi) is 5.50. The lowest BCUT2D eigenvalue weighted by Crippen LogP contribution is -2.45. The summed E-state index contributed by atoms with van der Waals surface area (Å²) < 4.78 is 14.7. The highest BCUT2D eigenvalue weighted by molar-refractivity contribution is 5.30. The summed E-state index contributed by atoms with van der Waals surface area (Å²) in [5.74, 6) is -0.547. The third-order valence-electron chi connectivity index (χ3n) is 4.77. The molecule has 134 valence electrons. The summed E-state index contributed by atoms with van der Waals surface area (Å²) in [5, 5.41) is 10.3. The first kappa shape index (κ1) is 17.6. The molecule has 5 nitrogen and oxygen atoms in total. The average Bonchev–Trinajstić information content (AvgIpc) is 2.62. The molecule has 1 N–H and O–H groups in total. The normalized spacial score (nSPS) is 16.2. The van der Waals surface area contributed by atoms with Crippen LogP contribution in [0.4, 0.5) is 4.39 Å². The van der Waals surface area contributed by atoms with Crippen LogP contribution in [0.1, 0.15) is 18.1 Å². The number of halogens is 1. The predicted molar refractivity (Wildman–Crippen MR) is 95.3 cm³/mol. The van der Waals surface area contributed by atoms with Crippen molar-refractivity contribution in [3.8, 4) is 5.75 Å². The molecule has 1 aromatic carbocycles. The number of benzene rings is 1. The molecule has 25 heavy (non-hydrogen) atoms. The maximum Gasteiger partial charge on any atom is 0.293 e. The lowest BCUT2D eigenvalue weighted by atomic mass is 10.2. The van der Waals surface area contributed by atoms with E-state index in [4.69, 9.17) is 0 Å². The lowest BCUT2D eigenvalue weighted by Gasteiger charge is -2.34. The van der Waals surface area contributed by atoms with E-state index in [0.717, 1.165) is 32.7 Å². The van der Waals surface area contributed by atoms with Crippen molar-refractivity contribution in [2.75, 3.05) is 32.7 Å². The molecule has 0 atom stereocenters. The first-order valence-electron chi connectivity index (χ1n) is 8.67. The number of nitrogens with zero attached hydrogens (tertiary/aromatic N) is 3. The fraction of sp³-hybridized carbons (Fsp3) is 0.421. The fourth-order valence-electron chi connectivity index (χ4n) is 3.19. The van der Waals surface area contributed by atoms with Gasteiger partial charge in [0, 0.05) is 44.5 Å². The van der Waals surface area contributed by atoms with Gasteiger partial charge in [0.25, 0.3) is 5.56 Å². The molecule has 0 spiro atoms. The number of piperazine rings is 1. The Morgan fingerprint density at radius 3 is 2.48 bits per heavy atom. The Hall–Kier alpha value is -2.18. The molecule has 1 aliphatic rings. The Balaban J connectivity index is 1.71. The molecule has 0 unspecified atom stereocenters. The quantitative estimate of drug-likeness (QED) is 0.899. The van der Waals surface area contributed by atoms with Crippen molar-refractivity contribution in [2.45, 2.75) is 20.0 Å². The maximum atomic E-state index is 13.3. The van der Waals surface area contributed by atoms with Gasteiger partial charge in [0.05, 0.1) is 6.54 Å². The van der Waals surface area contributed by atoms with Gasteiger partial charge in [-0.2, -0.15) is 0 Å².